The minimum Gasteiger partial charge on any atom is -0.443 e. The number of hydrogen-bond donors (Lipinski definition) is 2. The van der Waals surface area contributed by atoms with Gasteiger partial charge in [0.25, 0.3) is 0 Å². The summed E-state index contributed by atoms with van der Waals surface area (Å²) in [6, 6.07) is 7.28. The van der Waals surface area contributed by atoms with Crippen molar-refractivity contribution in [2.45, 2.75) is 32.9 Å². The van der Waals surface area contributed by atoms with Crippen molar-refractivity contribution in [3.63, 3.8) is 0 Å². The molecule has 1 aromatic carbocycles. The van der Waals surface area contributed by atoms with Crippen LogP contribution in [0.4, 0.5) is 10.5 Å². The van der Waals surface area contributed by atoms with Crippen LogP contribution in [0.25, 0.3) is 0 Å². The Hall–Kier alpha value is -1.53. The van der Waals surface area contributed by atoms with Crippen LogP contribution in [0.5, 0.6) is 0 Å². The number of thioether (sulfide) groups is 1. The number of nitrogens with one attached hydrogen (secondary N) is 1. The summed E-state index contributed by atoms with van der Waals surface area (Å²) in [6.07, 6.45) is 1.34. The number of hydrogen-bond acceptors (Lipinski definition) is 5. The van der Waals surface area contributed by atoms with Gasteiger partial charge >= 0.3 is 6.09 Å². The van der Waals surface area contributed by atoms with E-state index >= 15 is 0 Å². The Balaban J connectivity index is 3.12. The molecule has 1 amide bonds. The van der Waals surface area contributed by atoms with Gasteiger partial charge in [0.1, 0.15) is 11.4 Å². The molecule has 0 saturated heterocycles. The van der Waals surface area contributed by atoms with Gasteiger partial charge in [-0.05, 0) is 44.7 Å². The van der Waals surface area contributed by atoms with Crippen molar-refractivity contribution in [1.29, 1.82) is 5.41 Å². The summed E-state index contributed by atoms with van der Waals surface area (Å²) in [7, 11) is 0. The zero-order valence-electron chi connectivity index (χ0n) is 13.0. The summed E-state index contributed by atoms with van der Waals surface area (Å²) in [6.45, 7) is 5.79. The molecule has 0 aromatic heterocycles. The van der Waals surface area contributed by atoms with Crippen molar-refractivity contribution in [1.82, 2.24) is 0 Å². The van der Waals surface area contributed by atoms with E-state index < -0.39 is 11.7 Å². The molecule has 0 atom stereocenters. The second kappa shape index (κ2) is 7.47. The molecule has 21 heavy (non-hydrogen) atoms. The summed E-state index contributed by atoms with van der Waals surface area (Å²) >= 11 is 1.48. The quantitative estimate of drug-likeness (QED) is 0.661. The largest absolute Gasteiger partial charge is 0.443 e. The average Bonchev–Trinajstić information content (AvgIpc) is 2.37. The highest BCUT2D eigenvalue weighted by molar-refractivity contribution is 7.99. The minimum atomic E-state index is -0.611. The van der Waals surface area contributed by atoms with E-state index in [-0.39, 0.29) is 5.84 Å². The standard InChI is InChI=1S/C15H23N3O2S/c1-15(2,3)20-14(19)18(13(17)10-21-4)12-7-5-6-11(8-12)9-16/h5-8,17H,9-10,16H2,1-4H3. The Morgan fingerprint density at radius 3 is 2.62 bits per heavy atom. The fourth-order valence-corrected chi connectivity index (χ4v) is 2.11. The number of nitrogens with zero attached hydrogens (tertiary/aromatic N) is 1. The van der Waals surface area contributed by atoms with E-state index in [1.807, 2.05) is 18.4 Å². The molecule has 1 aromatic rings. The van der Waals surface area contributed by atoms with Crippen molar-refractivity contribution < 1.29 is 9.53 Å². The van der Waals surface area contributed by atoms with Gasteiger partial charge in [-0.1, -0.05) is 12.1 Å². The van der Waals surface area contributed by atoms with Gasteiger partial charge in [0.15, 0.2) is 0 Å². The number of nitrogens with two attached hydrogens (primary N) is 1. The van der Waals surface area contributed by atoms with Crippen LogP contribution in [0.15, 0.2) is 24.3 Å². The highest BCUT2D eigenvalue weighted by Gasteiger charge is 2.26. The van der Waals surface area contributed by atoms with Gasteiger partial charge in [-0.25, -0.2) is 9.69 Å². The van der Waals surface area contributed by atoms with Crippen LogP contribution in [0.1, 0.15) is 26.3 Å². The van der Waals surface area contributed by atoms with Crippen LogP contribution in [0.3, 0.4) is 0 Å². The molecule has 3 N–H and O–H groups in total. The molecule has 0 saturated carbocycles. The molecule has 0 unspecified atom stereocenters. The van der Waals surface area contributed by atoms with Gasteiger partial charge in [-0.2, -0.15) is 11.8 Å². The van der Waals surface area contributed by atoms with E-state index in [9.17, 15) is 4.79 Å². The highest BCUT2D eigenvalue weighted by Crippen LogP contribution is 2.21. The normalized spacial score (nSPS) is 11.1. The zero-order chi connectivity index (χ0) is 16.0. The van der Waals surface area contributed by atoms with Crippen molar-refractivity contribution in [2.75, 3.05) is 16.9 Å². The number of ether oxygens (including phenoxy) is 1. The number of anilines is 1. The maximum Gasteiger partial charge on any atom is 0.420 e. The summed E-state index contributed by atoms with van der Waals surface area (Å²) in [5, 5.41) is 8.12. The van der Waals surface area contributed by atoms with Crippen LogP contribution in [0, 0.1) is 5.41 Å². The van der Waals surface area contributed by atoms with Gasteiger partial charge in [-0.15, -0.1) is 0 Å². The Labute approximate surface area is 130 Å². The van der Waals surface area contributed by atoms with Crippen molar-refractivity contribution in [3.8, 4) is 0 Å². The second-order valence-electron chi connectivity index (χ2n) is 5.57. The molecule has 0 fully saturated rings. The van der Waals surface area contributed by atoms with Crippen molar-refractivity contribution >= 4 is 29.4 Å². The molecule has 0 spiro atoms. The molecule has 0 aliphatic heterocycles. The highest BCUT2D eigenvalue weighted by atomic mass is 32.2. The van der Waals surface area contributed by atoms with E-state index in [0.717, 1.165) is 5.56 Å². The topological polar surface area (TPSA) is 79.4 Å². The van der Waals surface area contributed by atoms with Crippen LogP contribution in [0.2, 0.25) is 0 Å². The van der Waals surface area contributed by atoms with Gasteiger partial charge in [0.2, 0.25) is 0 Å². The van der Waals surface area contributed by atoms with Crippen molar-refractivity contribution in [2.24, 2.45) is 5.73 Å². The third kappa shape index (κ3) is 5.40. The van der Waals surface area contributed by atoms with Gasteiger partial charge in [-0.3, -0.25) is 5.41 Å². The fraction of sp³-hybridized carbons (Fsp3) is 0.467. The van der Waals surface area contributed by atoms with E-state index in [1.54, 1.807) is 32.9 Å². The first-order chi connectivity index (χ1) is 9.78. The molecule has 0 bridgehead atoms. The lowest BCUT2D eigenvalue weighted by molar-refractivity contribution is 0.0603. The Morgan fingerprint density at radius 1 is 1.43 bits per heavy atom. The number of rotatable bonds is 4. The van der Waals surface area contributed by atoms with E-state index in [0.29, 0.717) is 18.0 Å². The number of benzene rings is 1. The second-order valence-corrected chi connectivity index (χ2v) is 6.44. The molecule has 0 heterocycles. The van der Waals surface area contributed by atoms with Crippen LogP contribution >= 0.6 is 11.8 Å². The van der Waals surface area contributed by atoms with E-state index in [4.69, 9.17) is 15.9 Å². The third-order valence-corrected chi connectivity index (χ3v) is 3.09. The first-order valence-electron chi connectivity index (χ1n) is 6.67. The molecule has 6 heteroatoms. The Morgan fingerprint density at radius 2 is 2.10 bits per heavy atom. The summed E-state index contributed by atoms with van der Waals surface area (Å²) < 4.78 is 5.40. The number of amidine groups is 1. The molecular formula is C15H23N3O2S. The van der Waals surface area contributed by atoms with Gasteiger partial charge in [0, 0.05) is 6.54 Å². The SMILES string of the molecule is CSCC(=N)N(C(=O)OC(C)(C)C)c1cccc(CN)c1. The minimum absolute atomic E-state index is 0.186. The van der Waals surface area contributed by atoms with Crippen molar-refractivity contribution in [3.05, 3.63) is 29.8 Å². The molecule has 1 rings (SSSR count). The maximum atomic E-state index is 12.4. The monoisotopic (exact) mass is 309 g/mol. The van der Waals surface area contributed by atoms with E-state index in [2.05, 4.69) is 0 Å². The van der Waals surface area contributed by atoms with Crippen LogP contribution < -0.4 is 10.6 Å². The number of amides is 1. The lowest BCUT2D eigenvalue weighted by atomic mass is 10.2. The van der Waals surface area contributed by atoms with Gasteiger partial charge < -0.3 is 10.5 Å². The molecule has 0 aliphatic rings. The van der Waals surface area contributed by atoms with Crippen LogP contribution in [-0.2, 0) is 11.3 Å². The molecule has 5 nitrogen and oxygen atoms in total. The first kappa shape index (κ1) is 17.5. The molecule has 116 valence electrons. The first-order valence-corrected chi connectivity index (χ1v) is 8.06. The van der Waals surface area contributed by atoms with Gasteiger partial charge in [0.05, 0.1) is 11.4 Å². The third-order valence-electron chi connectivity index (χ3n) is 2.53. The number of carbonyl (C=O) groups excluding carboxylic acids is 1. The smallest absolute Gasteiger partial charge is 0.420 e. The average molecular weight is 309 g/mol. The summed E-state index contributed by atoms with van der Waals surface area (Å²) in [5.41, 5.74) is 6.53. The predicted molar refractivity (Wildman–Crippen MR) is 89.2 cm³/mol. The number of carbonyl (C=O) groups is 1. The zero-order valence-corrected chi connectivity index (χ0v) is 13.8. The van der Waals surface area contributed by atoms with E-state index in [1.165, 1.54) is 16.7 Å². The lowest BCUT2D eigenvalue weighted by Gasteiger charge is -2.27. The Bertz CT molecular complexity index is 512. The fourth-order valence-electron chi connectivity index (χ4n) is 1.70. The van der Waals surface area contributed by atoms with Crippen LogP contribution in [-0.4, -0.2) is 29.5 Å². The lowest BCUT2D eigenvalue weighted by Crippen LogP contribution is -2.41. The predicted octanol–water partition coefficient (Wildman–Crippen LogP) is 3.23. The maximum absolute atomic E-state index is 12.4. The molecule has 0 radical (unpaired) electrons. The summed E-state index contributed by atoms with van der Waals surface area (Å²) in [5.74, 6) is 0.609. The molecular weight excluding hydrogens is 286 g/mol. The Kier molecular flexibility index (Phi) is 6.23. The molecule has 0 aliphatic carbocycles. The summed E-state index contributed by atoms with van der Waals surface area (Å²) in [4.78, 5) is 13.7.